The van der Waals surface area contributed by atoms with Gasteiger partial charge in [0.15, 0.2) is 0 Å². The minimum atomic E-state index is -0.935. The van der Waals surface area contributed by atoms with Crippen molar-refractivity contribution in [2.24, 2.45) is 0 Å². The standard InChI is InChI=1S/C13H16N2O5/c1-19-11-3-2-9(7-14-11)13(18)15-4-5-20-10(8-15)6-12(16)17/h2-3,7,10H,4-6,8H2,1H3,(H,16,17). The number of ether oxygens (including phenoxy) is 2. The number of methoxy groups -OCH3 is 1. The number of pyridine rings is 1. The molecule has 1 amide bonds. The van der Waals surface area contributed by atoms with E-state index < -0.39 is 12.1 Å². The molecule has 1 fully saturated rings. The highest BCUT2D eigenvalue weighted by atomic mass is 16.5. The third-order valence-electron chi connectivity index (χ3n) is 3.02. The monoisotopic (exact) mass is 280 g/mol. The van der Waals surface area contributed by atoms with Crippen LogP contribution in [-0.4, -0.2) is 59.8 Å². The molecule has 0 radical (unpaired) electrons. The fourth-order valence-corrected chi connectivity index (χ4v) is 2.03. The molecule has 1 unspecified atom stereocenters. The second-order valence-corrected chi connectivity index (χ2v) is 4.43. The van der Waals surface area contributed by atoms with Crippen LogP contribution in [0.2, 0.25) is 0 Å². The van der Waals surface area contributed by atoms with Crippen LogP contribution in [0.1, 0.15) is 16.8 Å². The van der Waals surface area contributed by atoms with E-state index in [0.29, 0.717) is 24.6 Å². The summed E-state index contributed by atoms with van der Waals surface area (Å²) in [4.78, 5) is 28.5. The molecule has 20 heavy (non-hydrogen) atoms. The van der Waals surface area contributed by atoms with Crippen molar-refractivity contribution >= 4 is 11.9 Å². The smallest absolute Gasteiger partial charge is 0.306 e. The molecule has 1 N–H and O–H groups in total. The lowest BCUT2D eigenvalue weighted by atomic mass is 10.1. The molecule has 7 heteroatoms. The van der Waals surface area contributed by atoms with Crippen molar-refractivity contribution in [3.8, 4) is 5.88 Å². The molecular weight excluding hydrogens is 264 g/mol. The van der Waals surface area contributed by atoms with Crippen molar-refractivity contribution in [1.82, 2.24) is 9.88 Å². The summed E-state index contributed by atoms with van der Waals surface area (Å²) in [6, 6.07) is 3.25. The first-order chi connectivity index (χ1) is 9.60. The molecule has 1 aromatic heterocycles. The van der Waals surface area contributed by atoms with Gasteiger partial charge in [0, 0.05) is 25.4 Å². The maximum atomic E-state index is 12.3. The molecule has 0 bridgehead atoms. The lowest BCUT2D eigenvalue weighted by molar-refractivity contribution is -0.141. The topological polar surface area (TPSA) is 89.0 Å². The van der Waals surface area contributed by atoms with Gasteiger partial charge in [0.2, 0.25) is 5.88 Å². The number of carbonyl (C=O) groups is 2. The largest absolute Gasteiger partial charge is 0.481 e. The predicted octanol–water partition coefficient (Wildman–Crippen LogP) is 0.406. The molecule has 108 valence electrons. The van der Waals surface area contributed by atoms with Gasteiger partial charge in [-0.2, -0.15) is 0 Å². The average molecular weight is 280 g/mol. The van der Waals surface area contributed by atoms with Gasteiger partial charge in [-0.25, -0.2) is 4.98 Å². The summed E-state index contributed by atoms with van der Waals surface area (Å²) in [5.41, 5.74) is 0.446. The highest BCUT2D eigenvalue weighted by Crippen LogP contribution is 2.14. The van der Waals surface area contributed by atoms with E-state index in [2.05, 4.69) is 4.98 Å². The quantitative estimate of drug-likeness (QED) is 0.859. The van der Waals surface area contributed by atoms with Gasteiger partial charge in [-0.3, -0.25) is 9.59 Å². The number of hydrogen-bond acceptors (Lipinski definition) is 5. The van der Waals surface area contributed by atoms with Crippen molar-refractivity contribution in [2.75, 3.05) is 26.8 Å². The third kappa shape index (κ3) is 3.45. The molecular formula is C13H16N2O5. The Morgan fingerprint density at radius 2 is 2.35 bits per heavy atom. The van der Waals surface area contributed by atoms with Crippen LogP contribution < -0.4 is 4.74 Å². The zero-order valence-electron chi connectivity index (χ0n) is 11.1. The van der Waals surface area contributed by atoms with Gasteiger partial charge in [0.05, 0.1) is 31.8 Å². The van der Waals surface area contributed by atoms with Crippen LogP contribution in [0.25, 0.3) is 0 Å². The highest BCUT2D eigenvalue weighted by Gasteiger charge is 2.26. The van der Waals surface area contributed by atoms with E-state index in [9.17, 15) is 9.59 Å². The lowest BCUT2D eigenvalue weighted by Crippen LogP contribution is -2.46. The maximum Gasteiger partial charge on any atom is 0.306 e. The summed E-state index contributed by atoms with van der Waals surface area (Å²) in [5, 5.41) is 8.76. The van der Waals surface area contributed by atoms with Crippen molar-refractivity contribution in [3.63, 3.8) is 0 Å². The van der Waals surface area contributed by atoms with Gasteiger partial charge in [-0.05, 0) is 6.07 Å². The summed E-state index contributed by atoms with van der Waals surface area (Å²) in [7, 11) is 1.50. The summed E-state index contributed by atoms with van der Waals surface area (Å²) in [5.74, 6) is -0.679. The summed E-state index contributed by atoms with van der Waals surface area (Å²) in [6.07, 6.45) is 0.879. The van der Waals surface area contributed by atoms with Gasteiger partial charge >= 0.3 is 5.97 Å². The van der Waals surface area contributed by atoms with E-state index >= 15 is 0 Å². The van der Waals surface area contributed by atoms with Crippen molar-refractivity contribution in [3.05, 3.63) is 23.9 Å². The van der Waals surface area contributed by atoms with E-state index in [-0.39, 0.29) is 18.9 Å². The number of amides is 1. The number of carboxylic acid groups (broad SMARTS) is 1. The van der Waals surface area contributed by atoms with Crippen molar-refractivity contribution in [1.29, 1.82) is 0 Å². The Morgan fingerprint density at radius 3 is 2.95 bits per heavy atom. The normalized spacial score (nSPS) is 18.6. The fraction of sp³-hybridized carbons (Fsp3) is 0.462. The summed E-state index contributed by atoms with van der Waals surface area (Å²) < 4.78 is 10.3. The zero-order valence-corrected chi connectivity index (χ0v) is 11.1. The number of morpholine rings is 1. The summed E-state index contributed by atoms with van der Waals surface area (Å²) >= 11 is 0. The predicted molar refractivity (Wildman–Crippen MR) is 68.7 cm³/mol. The van der Waals surface area contributed by atoms with Gasteiger partial charge in [0.25, 0.3) is 5.91 Å². The van der Waals surface area contributed by atoms with Crippen LogP contribution in [0.3, 0.4) is 0 Å². The third-order valence-corrected chi connectivity index (χ3v) is 3.02. The Morgan fingerprint density at radius 1 is 1.55 bits per heavy atom. The zero-order chi connectivity index (χ0) is 14.5. The Labute approximate surface area is 116 Å². The van der Waals surface area contributed by atoms with Gasteiger partial charge in [0.1, 0.15) is 0 Å². The first-order valence-electron chi connectivity index (χ1n) is 6.23. The number of nitrogens with zero attached hydrogens (tertiary/aromatic N) is 2. The molecule has 2 heterocycles. The maximum absolute atomic E-state index is 12.3. The molecule has 0 aliphatic carbocycles. The van der Waals surface area contributed by atoms with Crippen molar-refractivity contribution < 1.29 is 24.2 Å². The van der Waals surface area contributed by atoms with E-state index in [0.717, 1.165) is 0 Å². The van der Waals surface area contributed by atoms with Crippen LogP contribution in [0.4, 0.5) is 0 Å². The molecule has 1 aliphatic heterocycles. The SMILES string of the molecule is COc1ccc(C(=O)N2CCOC(CC(=O)O)C2)cn1. The van der Waals surface area contributed by atoms with Crippen LogP contribution in [0.15, 0.2) is 18.3 Å². The molecule has 0 aromatic carbocycles. The van der Waals surface area contributed by atoms with Crippen LogP contribution >= 0.6 is 0 Å². The Balaban J connectivity index is 2.02. The average Bonchev–Trinajstić information content (AvgIpc) is 2.46. The molecule has 1 atom stereocenters. The first-order valence-corrected chi connectivity index (χ1v) is 6.23. The molecule has 1 aliphatic rings. The minimum absolute atomic E-state index is 0.107. The second kappa shape index (κ2) is 6.33. The number of aromatic nitrogens is 1. The summed E-state index contributed by atoms with van der Waals surface area (Å²) in [6.45, 7) is 1.06. The number of rotatable bonds is 4. The molecule has 1 aromatic rings. The number of carbonyl (C=O) groups excluding carboxylic acids is 1. The Kier molecular flexibility index (Phi) is 4.52. The van der Waals surface area contributed by atoms with Gasteiger partial charge < -0.3 is 19.5 Å². The van der Waals surface area contributed by atoms with Crippen LogP contribution in [0.5, 0.6) is 5.88 Å². The van der Waals surface area contributed by atoms with E-state index in [1.807, 2.05) is 0 Å². The van der Waals surface area contributed by atoms with Crippen LogP contribution in [0, 0.1) is 0 Å². The highest BCUT2D eigenvalue weighted by molar-refractivity contribution is 5.94. The van der Waals surface area contributed by atoms with E-state index in [1.165, 1.54) is 13.3 Å². The van der Waals surface area contributed by atoms with Crippen molar-refractivity contribution in [2.45, 2.75) is 12.5 Å². The minimum Gasteiger partial charge on any atom is -0.481 e. The van der Waals surface area contributed by atoms with E-state index in [1.54, 1.807) is 17.0 Å². The Bertz CT molecular complexity index is 488. The molecule has 0 saturated carbocycles. The fourth-order valence-electron chi connectivity index (χ4n) is 2.03. The number of hydrogen-bond donors (Lipinski definition) is 1. The lowest BCUT2D eigenvalue weighted by Gasteiger charge is -2.32. The Hall–Kier alpha value is -2.15. The molecule has 1 saturated heterocycles. The first kappa shape index (κ1) is 14.3. The molecule has 7 nitrogen and oxygen atoms in total. The van der Waals surface area contributed by atoms with E-state index in [4.69, 9.17) is 14.6 Å². The number of carboxylic acids is 1. The second-order valence-electron chi connectivity index (χ2n) is 4.43. The van der Waals surface area contributed by atoms with Crippen LogP contribution in [-0.2, 0) is 9.53 Å². The molecule has 2 rings (SSSR count). The molecule has 0 spiro atoms. The van der Waals surface area contributed by atoms with Gasteiger partial charge in [-0.15, -0.1) is 0 Å². The van der Waals surface area contributed by atoms with Gasteiger partial charge in [-0.1, -0.05) is 0 Å². The number of aliphatic carboxylic acids is 1.